The number of hydrogen-bond donors (Lipinski definition) is 2. The highest BCUT2D eigenvalue weighted by molar-refractivity contribution is 6.34. The number of rotatable bonds is 5. The average Bonchev–Trinajstić information content (AvgIpc) is 2.38. The van der Waals surface area contributed by atoms with Gasteiger partial charge in [0, 0.05) is 23.8 Å². The Morgan fingerprint density at radius 1 is 1.50 bits per heavy atom. The van der Waals surface area contributed by atoms with Gasteiger partial charge in [0.2, 0.25) is 0 Å². The van der Waals surface area contributed by atoms with Gasteiger partial charge < -0.3 is 15.8 Å². The van der Waals surface area contributed by atoms with Crippen molar-refractivity contribution in [3.8, 4) is 0 Å². The fourth-order valence-corrected chi connectivity index (χ4v) is 2.18. The minimum atomic E-state index is 0.0261. The molecule has 0 spiro atoms. The summed E-state index contributed by atoms with van der Waals surface area (Å²) in [6, 6.07) is 6.01. The van der Waals surface area contributed by atoms with Gasteiger partial charge in [-0.3, -0.25) is 0 Å². The SMILES string of the molecule is CCC(C)N(CC)c1ccc(C(N)=NO)c(Cl)c1. The van der Waals surface area contributed by atoms with Crippen molar-refractivity contribution < 1.29 is 5.21 Å². The molecular weight excluding hydrogens is 250 g/mol. The van der Waals surface area contributed by atoms with Crippen molar-refractivity contribution in [1.82, 2.24) is 0 Å². The van der Waals surface area contributed by atoms with E-state index in [1.54, 1.807) is 6.07 Å². The Morgan fingerprint density at radius 2 is 2.17 bits per heavy atom. The van der Waals surface area contributed by atoms with Gasteiger partial charge in [-0.2, -0.15) is 0 Å². The van der Waals surface area contributed by atoms with Gasteiger partial charge >= 0.3 is 0 Å². The second kappa shape index (κ2) is 6.50. The summed E-state index contributed by atoms with van der Waals surface area (Å²) in [6.07, 6.45) is 1.06. The molecule has 0 fully saturated rings. The molecule has 5 heteroatoms. The zero-order chi connectivity index (χ0) is 13.7. The molecule has 3 N–H and O–H groups in total. The highest BCUT2D eigenvalue weighted by Crippen LogP contribution is 2.25. The first-order valence-corrected chi connectivity index (χ1v) is 6.47. The molecule has 1 aromatic rings. The minimum absolute atomic E-state index is 0.0261. The van der Waals surface area contributed by atoms with Gasteiger partial charge in [-0.05, 0) is 38.5 Å². The van der Waals surface area contributed by atoms with Crippen molar-refractivity contribution in [3.05, 3.63) is 28.8 Å². The fraction of sp³-hybridized carbons (Fsp3) is 0.462. The lowest BCUT2D eigenvalue weighted by molar-refractivity contribution is 0.318. The smallest absolute Gasteiger partial charge is 0.171 e. The van der Waals surface area contributed by atoms with E-state index in [1.807, 2.05) is 12.1 Å². The summed E-state index contributed by atoms with van der Waals surface area (Å²) in [5.41, 5.74) is 7.13. The lowest BCUT2D eigenvalue weighted by Gasteiger charge is -2.29. The van der Waals surface area contributed by atoms with Crippen molar-refractivity contribution in [2.45, 2.75) is 33.2 Å². The lowest BCUT2D eigenvalue weighted by atomic mass is 10.1. The van der Waals surface area contributed by atoms with E-state index in [4.69, 9.17) is 22.5 Å². The van der Waals surface area contributed by atoms with Crippen LogP contribution in [0.2, 0.25) is 5.02 Å². The molecule has 1 atom stereocenters. The molecule has 0 heterocycles. The van der Waals surface area contributed by atoms with Crippen LogP contribution >= 0.6 is 11.6 Å². The maximum absolute atomic E-state index is 8.66. The Labute approximate surface area is 113 Å². The van der Waals surface area contributed by atoms with Gasteiger partial charge in [0.15, 0.2) is 5.84 Å². The third-order valence-electron chi connectivity index (χ3n) is 3.13. The Morgan fingerprint density at radius 3 is 2.61 bits per heavy atom. The van der Waals surface area contributed by atoms with E-state index in [1.165, 1.54) is 0 Å². The first-order valence-electron chi connectivity index (χ1n) is 6.09. The second-order valence-electron chi connectivity index (χ2n) is 4.19. The maximum atomic E-state index is 8.66. The molecule has 0 aromatic heterocycles. The monoisotopic (exact) mass is 269 g/mol. The highest BCUT2D eigenvalue weighted by Gasteiger charge is 2.13. The van der Waals surface area contributed by atoms with Crippen molar-refractivity contribution >= 4 is 23.1 Å². The highest BCUT2D eigenvalue weighted by atomic mass is 35.5. The summed E-state index contributed by atoms with van der Waals surface area (Å²) in [5.74, 6) is 0.0261. The third-order valence-corrected chi connectivity index (χ3v) is 3.44. The van der Waals surface area contributed by atoms with Crippen LogP contribution in [0.3, 0.4) is 0 Å². The number of nitrogens with two attached hydrogens (primary N) is 1. The van der Waals surface area contributed by atoms with Crippen LogP contribution < -0.4 is 10.6 Å². The maximum Gasteiger partial charge on any atom is 0.171 e. The quantitative estimate of drug-likeness (QED) is 0.374. The largest absolute Gasteiger partial charge is 0.409 e. The van der Waals surface area contributed by atoms with Crippen LogP contribution in [0, 0.1) is 0 Å². The molecule has 0 aliphatic rings. The lowest BCUT2D eigenvalue weighted by Crippen LogP contribution is -2.32. The molecule has 0 aliphatic carbocycles. The van der Waals surface area contributed by atoms with E-state index in [2.05, 4.69) is 30.8 Å². The Hall–Kier alpha value is -1.42. The second-order valence-corrected chi connectivity index (χ2v) is 4.60. The van der Waals surface area contributed by atoms with Crippen LogP contribution in [0.1, 0.15) is 32.8 Å². The number of nitrogens with zero attached hydrogens (tertiary/aromatic N) is 2. The van der Waals surface area contributed by atoms with Crippen LogP contribution in [-0.2, 0) is 0 Å². The molecule has 1 rings (SSSR count). The molecule has 1 aromatic carbocycles. The molecular formula is C13H20ClN3O. The van der Waals surface area contributed by atoms with Gasteiger partial charge in [0.25, 0.3) is 0 Å². The predicted octanol–water partition coefficient (Wildman–Crippen LogP) is 3.06. The number of hydrogen-bond acceptors (Lipinski definition) is 3. The van der Waals surface area contributed by atoms with Crippen LogP contribution in [-0.4, -0.2) is 23.6 Å². The molecule has 0 saturated heterocycles. The third kappa shape index (κ3) is 3.07. The average molecular weight is 270 g/mol. The van der Waals surface area contributed by atoms with Crippen LogP contribution in [0.4, 0.5) is 5.69 Å². The molecule has 0 saturated carbocycles. The molecule has 0 radical (unpaired) electrons. The van der Waals surface area contributed by atoms with Crippen LogP contribution in [0.5, 0.6) is 0 Å². The van der Waals surface area contributed by atoms with Crippen molar-refractivity contribution in [3.63, 3.8) is 0 Å². The van der Waals surface area contributed by atoms with Gasteiger partial charge in [0.05, 0.1) is 5.02 Å². The zero-order valence-electron chi connectivity index (χ0n) is 11.0. The Kier molecular flexibility index (Phi) is 5.28. The van der Waals surface area contributed by atoms with Gasteiger partial charge in [-0.1, -0.05) is 23.7 Å². The normalized spacial score (nSPS) is 13.4. The van der Waals surface area contributed by atoms with Crippen molar-refractivity contribution in [1.29, 1.82) is 0 Å². The Balaban J connectivity index is 3.10. The summed E-state index contributed by atoms with van der Waals surface area (Å²) >= 11 is 6.15. The topological polar surface area (TPSA) is 61.8 Å². The Bertz CT molecular complexity index is 434. The summed E-state index contributed by atoms with van der Waals surface area (Å²) in [7, 11) is 0. The predicted molar refractivity (Wildman–Crippen MR) is 76.7 cm³/mol. The fourth-order valence-electron chi connectivity index (χ4n) is 1.91. The molecule has 1 unspecified atom stereocenters. The number of oxime groups is 1. The summed E-state index contributed by atoms with van der Waals surface area (Å²) < 4.78 is 0. The summed E-state index contributed by atoms with van der Waals surface area (Å²) in [6.45, 7) is 7.35. The summed E-state index contributed by atoms with van der Waals surface area (Å²) in [4.78, 5) is 2.27. The van der Waals surface area contributed by atoms with E-state index in [0.29, 0.717) is 16.6 Å². The molecule has 18 heavy (non-hydrogen) atoms. The number of amidine groups is 1. The number of benzene rings is 1. The molecule has 0 aliphatic heterocycles. The van der Waals surface area contributed by atoms with E-state index < -0.39 is 0 Å². The van der Waals surface area contributed by atoms with Crippen LogP contribution in [0.25, 0.3) is 0 Å². The van der Waals surface area contributed by atoms with E-state index in [-0.39, 0.29) is 5.84 Å². The van der Waals surface area contributed by atoms with Gasteiger partial charge in [-0.15, -0.1) is 0 Å². The number of halogens is 1. The molecule has 100 valence electrons. The zero-order valence-corrected chi connectivity index (χ0v) is 11.8. The number of anilines is 1. The standard InChI is InChI=1S/C13H20ClN3O/c1-4-9(3)17(5-2)10-6-7-11(12(14)8-10)13(15)16-18/h6-9,18H,4-5H2,1-3H3,(H2,15,16). The molecule has 0 amide bonds. The molecule has 4 nitrogen and oxygen atoms in total. The minimum Gasteiger partial charge on any atom is -0.409 e. The van der Waals surface area contributed by atoms with Crippen molar-refractivity contribution in [2.24, 2.45) is 10.9 Å². The van der Waals surface area contributed by atoms with E-state index in [0.717, 1.165) is 18.7 Å². The van der Waals surface area contributed by atoms with Gasteiger partial charge in [-0.25, -0.2) is 0 Å². The first-order chi connectivity index (χ1) is 8.54. The summed E-state index contributed by atoms with van der Waals surface area (Å²) in [5, 5.41) is 12.1. The van der Waals surface area contributed by atoms with Crippen LogP contribution in [0.15, 0.2) is 23.4 Å². The first kappa shape index (κ1) is 14.6. The van der Waals surface area contributed by atoms with Crippen molar-refractivity contribution in [2.75, 3.05) is 11.4 Å². The van der Waals surface area contributed by atoms with E-state index in [9.17, 15) is 0 Å². The van der Waals surface area contributed by atoms with Gasteiger partial charge in [0.1, 0.15) is 0 Å². The van der Waals surface area contributed by atoms with E-state index >= 15 is 0 Å². The molecule has 0 bridgehead atoms.